The summed E-state index contributed by atoms with van der Waals surface area (Å²) in [4.78, 5) is 42.8. The Balaban J connectivity index is 1.63. The molecule has 0 bridgehead atoms. The molecule has 0 spiro atoms. The maximum Gasteiger partial charge on any atom is 0.359 e. The Kier molecular flexibility index (Phi) is 3.62. The van der Waals surface area contributed by atoms with Crippen LogP contribution in [-0.4, -0.2) is 26.1 Å². The summed E-state index contributed by atoms with van der Waals surface area (Å²) < 4.78 is 5.71. The first-order chi connectivity index (χ1) is 12.1. The molecule has 4 aromatic rings. The third-order valence-electron chi connectivity index (χ3n) is 3.59. The first-order valence-electron chi connectivity index (χ1n) is 7.24. The van der Waals surface area contributed by atoms with Gasteiger partial charge >= 0.3 is 5.97 Å². The molecule has 1 aromatic carbocycles. The largest absolute Gasteiger partial charge is 0.453 e. The minimum Gasteiger partial charge on any atom is -0.453 e. The molecule has 0 aliphatic carbocycles. The van der Waals surface area contributed by atoms with E-state index in [9.17, 15) is 14.4 Å². The molecule has 0 saturated carbocycles. The number of carbonyl (C=O) groups is 1. The number of hydrogen-bond donors (Lipinski definition) is 2. The molecule has 0 radical (unpaired) electrons. The fourth-order valence-electron chi connectivity index (χ4n) is 2.46. The molecule has 0 aliphatic rings. The van der Waals surface area contributed by atoms with Gasteiger partial charge in [-0.2, -0.15) is 5.10 Å². The highest BCUT2D eigenvalue weighted by Crippen LogP contribution is 2.15. The Hall–Kier alpha value is -3.33. The van der Waals surface area contributed by atoms with Gasteiger partial charge in [0.25, 0.3) is 11.1 Å². The van der Waals surface area contributed by atoms with Gasteiger partial charge in [-0.3, -0.25) is 9.59 Å². The van der Waals surface area contributed by atoms with E-state index in [2.05, 4.69) is 20.2 Å². The normalized spacial score (nSPS) is 11.0. The maximum atomic E-state index is 12.3. The monoisotopic (exact) mass is 354 g/mol. The molecular formula is C16H10N4O4S. The Bertz CT molecular complexity index is 1220. The second-order valence-corrected chi connectivity index (χ2v) is 6.09. The van der Waals surface area contributed by atoms with Crippen LogP contribution in [0.1, 0.15) is 16.3 Å². The predicted molar refractivity (Wildman–Crippen MR) is 91.7 cm³/mol. The Morgan fingerprint density at radius 3 is 2.76 bits per heavy atom. The molecule has 3 heterocycles. The molecular weight excluding hydrogens is 344 g/mol. The highest BCUT2D eigenvalue weighted by atomic mass is 32.1. The van der Waals surface area contributed by atoms with Crippen LogP contribution >= 0.6 is 11.3 Å². The van der Waals surface area contributed by atoms with E-state index in [0.717, 1.165) is 0 Å². The van der Waals surface area contributed by atoms with E-state index in [1.807, 2.05) is 0 Å². The highest BCUT2D eigenvalue weighted by molar-refractivity contribution is 7.17. The lowest BCUT2D eigenvalue weighted by atomic mass is 10.1. The van der Waals surface area contributed by atoms with Crippen molar-refractivity contribution in [1.82, 2.24) is 20.2 Å². The number of aromatic nitrogens is 4. The van der Waals surface area contributed by atoms with Gasteiger partial charge in [0.1, 0.15) is 17.1 Å². The van der Waals surface area contributed by atoms with Crippen molar-refractivity contribution in [3.8, 4) is 0 Å². The molecule has 0 amide bonds. The van der Waals surface area contributed by atoms with Crippen LogP contribution in [0.3, 0.4) is 0 Å². The van der Waals surface area contributed by atoms with E-state index in [1.54, 1.807) is 35.7 Å². The number of fused-ring (bicyclic) bond motifs is 2. The second-order valence-electron chi connectivity index (χ2n) is 5.17. The summed E-state index contributed by atoms with van der Waals surface area (Å²) in [5.41, 5.74) is -0.124. The van der Waals surface area contributed by atoms with Crippen LogP contribution in [0.15, 0.2) is 45.3 Å². The molecule has 9 heteroatoms. The molecule has 0 atom stereocenters. The van der Waals surface area contributed by atoms with Crippen molar-refractivity contribution in [3.63, 3.8) is 0 Å². The van der Waals surface area contributed by atoms with Crippen LogP contribution in [0.4, 0.5) is 0 Å². The number of hydrogen-bond acceptors (Lipinski definition) is 7. The first-order valence-corrected chi connectivity index (χ1v) is 8.12. The molecule has 0 fully saturated rings. The molecule has 8 nitrogen and oxygen atoms in total. The standard InChI is InChI=1S/C16H10N4O4S/c21-14-9-4-2-1-3-8(9)12(19-20-14)16(23)24-7-11-17-10-5-6-25-13(10)15(22)18-11/h1-6H,7H2,(H,20,21)(H,17,18,22). The Morgan fingerprint density at radius 2 is 1.92 bits per heavy atom. The topological polar surface area (TPSA) is 118 Å². The highest BCUT2D eigenvalue weighted by Gasteiger charge is 2.16. The summed E-state index contributed by atoms with van der Waals surface area (Å²) in [6.07, 6.45) is 0. The lowest BCUT2D eigenvalue weighted by molar-refractivity contribution is 0.0456. The smallest absolute Gasteiger partial charge is 0.359 e. The van der Waals surface area contributed by atoms with Gasteiger partial charge in [0.05, 0.1) is 10.9 Å². The molecule has 0 aliphatic heterocycles. The lowest BCUT2D eigenvalue weighted by Crippen LogP contribution is -2.17. The van der Waals surface area contributed by atoms with Gasteiger partial charge in [0.15, 0.2) is 5.69 Å². The van der Waals surface area contributed by atoms with Gasteiger partial charge in [-0.25, -0.2) is 14.9 Å². The van der Waals surface area contributed by atoms with Crippen molar-refractivity contribution in [2.75, 3.05) is 0 Å². The fraction of sp³-hybridized carbons (Fsp3) is 0.0625. The van der Waals surface area contributed by atoms with E-state index in [4.69, 9.17) is 4.74 Å². The number of esters is 1. The number of aromatic amines is 2. The van der Waals surface area contributed by atoms with Crippen LogP contribution in [0.2, 0.25) is 0 Å². The number of H-pyrrole nitrogens is 2. The average molecular weight is 354 g/mol. The summed E-state index contributed by atoms with van der Waals surface area (Å²) >= 11 is 1.29. The van der Waals surface area contributed by atoms with Crippen molar-refractivity contribution in [2.45, 2.75) is 6.61 Å². The fourth-order valence-corrected chi connectivity index (χ4v) is 3.19. The maximum absolute atomic E-state index is 12.3. The number of nitrogens with one attached hydrogen (secondary N) is 2. The zero-order chi connectivity index (χ0) is 17.4. The summed E-state index contributed by atoms with van der Waals surface area (Å²) in [6.45, 7) is -0.213. The predicted octanol–water partition coefficient (Wildman–Crippen LogP) is 1.58. The Labute approximate surface area is 143 Å². The number of benzene rings is 1. The minimum atomic E-state index is -0.722. The number of nitrogens with zero attached hydrogens (tertiary/aromatic N) is 2. The molecule has 0 saturated heterocycles. The first kappa shape index (κ1) is 15.2. The lowest BCUT2D eigenvalue weighted by Gasteiger charge is -2.06. The summed E-state index contributed by atoms with van der Waals surface area (Å²) in [7, 11) is 0. The average Bonchev–Trinajstić information content (AvgIpc) is 3.09. The van der Waals surface area contributed by atoms with E-state index >= 15 is 0 Å². The molecule has 2 N–H and O–H groups in total. The van der Waals surface area contributed by atoms with Crippen LogP contribution in [0.5, 0.6) is 0 Å². The number of thiophene rings is 1. The number of rotatable bonds is 3. The van der Waals surface area contributed by atoms with Crippen molar-refractivity contribution >= 4 is 38.3 Å². The van der Waals surface area contributed by atoms with Crippen LogP contribution in [0.25, 0.3) is 21.0 Å². The third kappa shape index (κ3) is 2.70. The van der Waals surface area contributed by atoms with E-state index in [1.165, 1.54) is 11.3 Å². The van der Waals surface area contributed by atoms with Crippen molar-refractivity contribution in [1.29, 1.82) is 0 Å². The van der Waals surface area contributed by atoms with Crippen LogP contribution in [-0.2, 0) is 11.3 Å². The van der Waals surface area contributed by atoms with Crippen molar-refractivity contribution < 1.29 is 9.53 Å². The quantitative estimate of drug-likeness (QED) is 0.539. The number of carbonyl (C=O) groups excluding carboxylic acids is 1. The van der Waals surface area contributed by atoms with Gasteiger partial charge < -0.3 is 9.72 Å². The van der Waals surface area contributed by atoms with E-state index in [0.29, 0.717) is 21.0 Å². The molecule has 124 valence electrons. The summed E-state index contributed by atoms with van der Waals surface area (Å²) in [6, 6.07) is 8.32. The zero-order valence-corrected chi connectivity index (χ0v) is 13.4. The van der Waals surface area contributed by atoms with Gasteiger partial charge in [-0.1, -0.05) is 18.2 Å². The van der Waals surface area contributed by atoms with Crippen LogP contribution < -0.4 is 11.1 Å². The second kappa shape index (κ2) is 5.95. The third-order valence-corrected chi connectivity index (χ3v) is 4.50. The van der Waals surface area contributed by atoms with Crippen molar-refractivity contribution in [2.24, 2.45) is 0 Å². The molecule has 25 heavy (non-hydrogen) atoms. The number of ether oxygens (including phenoxy) is 1. The van der Waals surface area contributed by atoms with Crippen LogP contribution in [0, 0.1) is 0 Å². The van der Waals surface area contributed by atoms with E-state index < -0.39 is 5.97 Å². The Morgan fingerprint density at radius 1 is 1.12 bits per heavy atom. The van der Waals surface area contributed by atoms with Gasteiger partial charge in [-0.05, 0) is 17.5 Å². The minimum absolute atomic E-state index is 0.00541. The van der Waals surface area contributed by atoms with Gasteiger partial charge in [-0.15, -0.1) is 11.3 Å². The summed E-state index contributed by atoms with van der Waals surface area (Å²) in [5, 5.41) is 8.55. The summed E-state index contributed by atoms with van der Waals surface area (Å²) in [5.74, 6) is -0.488. The van der Waals surface area contributed by atoms with E-state index in [-0.39, 0.29) is 29.2 Å². The SMILES string of the molecule is O=C(OCc1nc2ccsc2c(=O)[nH]1)c1n[nH]c(=O)c2ccccc12. The van der Waals surface area contributed by atoms with Gasteiger partial charge in [0, 0.05) is 5.39 Å². The molecule has 4 rings (SSSR count). The molecule has 3 aromatic heterocycles. The zero-order valence-electron chi connectivity index (χ0n) is 12.6. The van der Waals surface area contributed by atoms with Crippen molar-refractivity contribution in [3.05, 3.63) is 67.9 Å². The molecule has 0 unspecified atom stereocenters. The van der Waals surface area contributed by atoms with Gasteiger partial charge in [0.2, 0.25) is 0 Å².